The maximum atomic E-state index is 14.1. The lowest BCUT2D eigenvalue weighted by molar-refractivity contribution is -0.387. The van der Waals surface area contributed by atoms with Crippen molar-refractivity contribution in [2.45, 2.75) is 9.79 Å². The molecule has 4 rings (SSSR count). The predicted octanol–water partition coefficient (Wildman–Crippen LogP) is 5.76. The lowest BCUT2D eigenvalue weighted by Gasteiger charge is -2.15. The first kappa shape index (κ1) is 28.3. The van der Waals surface area contributed by atoms with Gasteiger partial charge in [-0.1, -0.05) is 24.3 Å². The molecule has 208 valence electrons. The Hall–Kier alpha value is -5.71. The predicted molar refractivity (Wildman–Crippen MR) is 136 cm³/mol. The van der Waals surface area contributed by atoms with Crippen molar-refractivity contribution in [2.75, 3.05) is 0 Å². The van der Waals surface area contributed by atoms with Gasteiger partial charge in [-0.25, -0.2) is 8.42 Å². The molecule has 14 nitrogen and oxygen atoms in total. The van der Waals surface area contributed by atoms with Crippen LogP contribution in [0.2, 0.25) is 0 Å². The summed E-state index contributed by atoms with van der Waals surface area (Å²) in [5, 5.41) is 46.4. The minimum atomic E-state index is -5.03. The van der Waals surface area contributed by atoms with Gasteiger partial charge >= 0.3 is 11.4 Å². The molecule has 0 heterocycles. The summed E-state index contributed by atoms with van der Waals surface area (Å²) < 4.78 is 56.2. The molecule has 0 aliphatic rings. The summed E-state index contributed by atoms with van der Waals surface area (Å²) in [6.07, 6.45) is 0. The first-order chi connectivity index (χ1) is 19.2. The SMILES string of the molecule is O=[N+]([O-])c1cc(-c2c([N+](=O)[O-])cccc2S(=O)(=O)c2cccc([N+](=O)[O-])c2-c2ccc(F)c([N+](=O)[O-])c2)ccc1F. The highest BCUT2D eigenvalue weighted by atomic mass is 32.2. The van der Waals surface area contributed by atoms with Gasteiger partial charge in [0.05, 0.1) is 40.6 Å². The Labute approximate surface area is 226 Å². The van der Waals surface area contributed by atoms with Crippen molar-refractivity contribution >= 4 is 32.6 Å². The Morgan fingerprint density at radius 1 is 0.512 bits per heavy atom. The number of halogens is 2. The van der Waals surface area contributed by atoms with Gasteiger partial charge in [-0.15, -0.1) is 0 Å². The van der Waals surface area contributed by atoms with Crippen LogP contribution in [-0.2, 0) is 9.84 Å². The molecule has 41 heavy (non-hydrogen) atoms. The van der Waals surface area contributed by atoms with E-state index in [0.717, 1.165) is 48.5 Å². The molecule has 0 saturated heterocycles. The minimum absolute atomic E-state index is 0.437. The third-order valence-electron chi connectivity index (χ3n) is 5.84. The Kier molecular flexibility index (Phi) is 7.22. The van der Waals surface area contributed by atoms with Crippen LogP contribution in [0.4, 0.5) is 31.5 Å². The van der Waals surface area contributed by atoms with Gasteiger partial charge in [0.15, 0.2) is 0 Å². The highest BCUT2D eigenvalue weighted by Gasteiger charge is 2.34. The van der Waals surface area contributed by atoms with E-state index in [0.29, 0.717) is 24.3 Å². The molecule has 0 N–H and O–H groups in total. The molecule has 17 heteroatoms. The van der Waals surface area contributed by atoms with Crippen molar-refractivity contribution in [3.63, 3.8) is 0 Å². The van der Waals surface area contributed by atoms with Crippen molar-refractivity contribution in [1.82, 2.24) is 0 Å². The molecular formula is C24H12F2N4O10S. The van der Waals surface area contributed by atoms with Crippen molar-refractivity contribution in [2.24, 2.45) is 0 Å². The molecule has 0 unspecified atom stereocenters. The van der Waals surface area contributed by atoms with E-state index in [1.54, 1.807) is 0 Å². The molecule has 4 aromatic carbocycles. The van der Waals surface area contributed by atoms with Crippen LogP contribution in [0.15, 0.2) is 82.6 Å². The van der Waals surface area contributed by atoms with Gasteiger partial charge in [-0.3, -0.25) is 40.5 Å². The molecule has 0 fully saturated rings. The summed E-state index contributed by atoms with van der Waals surface area (Å²) >= 11 is 0. The summed E-state index contributed by atoms with van der Waals surface area (Å²) in [5.74, 6) is -2.61. The van der Waals surface area contributed by atoms with Crippen LogP contribution < -0.4 is 0 Å². The van der Waals surface area contributed by atoms with Gasteiger partial charge in [-0.05, 0) is 35.4 Å². The second kappa shape index (κ2) is 10.5. The van der Waals surface area contributed by atoms with Gasteiger partial charge < -0.3 is 0 Å². The molecule has 0 radical (unpaired) electrons. The molecule has 0 atom stereocenters. The quantitative estimate of drug-likeness (QED) is 0.180. The Bertz CT molecular complexity index is 1780. The molecule has 0 aliphatic heterocycles. The van der Waals surface area contributed by atoms with Gasteiger partial charge in [0.1, 0.15) is 0 Å². The van der Waals surface area contributed by atoms with Crippen molar-refractivity contribution in [3.05, 3.63) is 125 Å². The van der Waals surface area contributed by atoms with Crippen molar-refractivity contribution in [3.8, 4) is 22.3 Å². The normalized spacial score (nSPS) is 11.2. The zero-order chi connectivity index (χ0) is 30.2. The number of hydrogen-bond acceptors (Lipinski definition) is 10. The topological polar surface area (TPSA) is 207 Å². The fraction of sp³-hybridized carbons (Fsp3) is 0. The molecule has 0 spiro atoms. The van der Waals surface area contributed by atoms with E-state index in [9.17, 15) is 57.7 Å². The summed E-state index contributed by atoms with van der Waals surface area (Å²) in [6.45, 7) is 0. The maximum absolute atomic E-state index is 14.1. The summed E-state index contributed by atoms with van der Waals surface area (Å²) in [4.78, 5) is 40.5. The van der Waals surface area contributed by atoms with Crippen LogP contribution in [0, 0.1) is 52.1 Å². The van der Waals surface area contributed by atoms with Crippen LogP contribution in [0.1, 0.15) is 0 Å². The fourth-order valence-corrected chi connectivity index (χ4v) is 5.84. The lowest BCUT2D eigenvalue weighted by Crippen LogP contribution is -2.09. The highest BCUT2D eigenvalue weighted by molar-refractivity contribution is 7.91. The molecule has 0 bridgehead atoms. The standard InChI is InChI=1S/C24H12F2N4O10S/c25-15-9-7-13(11-19(15)29(35)36)23-17(27(31)32)3-1-5-21(23)41(39,40)22-6-2-4-18(28(33)34)24(22)14-8-10-16(26)20(12-14)30(37)38/h1-12H. The van der Waals surface area contributed by atoms with E-state index < -0.39 is 96.0 Å². The first-order valence-electron chi connectivity index (χ1n) is 10.9. The van der Waals surface area contributed by atoms with E-state index in [1.165, 1.54) is 0 Å². The van der Waals surface area contributed by atoms with E-state index >= 15 is 0 Å². The molecule has 0 amide bonds. The molecule has 0 saturated carbocycles. The van der Waals surface area contributed by atoms with Crippen molar-refractivity contribution in [1.29, 1.82) is 0 Å². The third kappa shape index (κ3) is 5.03. The van der Waals surface area contributed by atoms with Crippen LogP contribution in [-0.4, -0.2) is 28.1 Å². The number of nitro benzene ring substituents is 4. The average Bonchev–Trinajstić information content (AvgIpc) is 2.92. The number of nitrogens with zero attached hydrogens (tertiary/aromatic N) is 4. The smallest absolute Gasteiger partial charge is 0.258 e. The van der Waals surface area contributed by atoms with E-state index in [4.69, 9.17) is 0 Å². The van der Waals surface area contributed by atoms with E-state index in [-0.39, 0.29) is 0 Å². The molecule has 0 aliphatic carbocycles. The van der Waals surface area contributed by atoms with Crippen molar-refractivity contribution < 1.29 is 36.9 Å². The average molecular weight is 586 g/mol. The van der Waals surface area contributed by atoms with E-state index in [1.807, 2.05) is 0 Å². The lowest BCUT2D eigenvalue weighted by atomic mass is 10.0. The zero-order valence-electron chi connectivity index (χ0n) is 20.0. The van der Waals surface area contributed by atoms with Crippen LogP contribution in [0.3, 0.4) is 0 Å². The second-order valence-corrected chi connectivity index (χ2v) is 10.1. The minimum Gasteiger partial charge on any atom is -0.258 e. The van der Waals surface area contributed by atoms with Crippen LogP contribution >= 0.6 is 0 Å². The summed E-state index contributed by atoms with van der Waals surface area (Å²) in [7, 11) is -5.03. The summed E-state index contributed by atoms with van der Waals surface area (Å²) in [5.41, 5.74) is -6.18. The Morgan fingerprint density at radius 2 is 0.854 bits per heavy atom. The second-order valence-electron chi connectivity index (χ2n) is 8.16. The molecular weight excluding hydrogens is 574 g/mol. The Morgan fingerprint density at radius 3 is 1.17 bits per heavy atom. The first-order valence-corrected chi connectivity index (χ1v) is 12.4. The monoisotopic (exact) mass is 586 g/mol. The third-order valence-corrected chi connectivity index (χ3v) is 7.68. The van der Waals surface area contributed by atoms with Crippen LogP contribution in [0.5, 0.6) is 0 Å². The number of hydrogen-bond donors (Lipinski definition) is 0. The molecule has 4 aromatic rings. The highest BCUT2D eigenvalue weighted by Crippen LogP contribution is 2.44. The van der Waals surface area contributed by atoms with Gasteiger partial charge in [0.2, 0.25) is 21.5 Å². The number of nitro groups is 4. The maximum Gasteiger partial charge on any atom is 0.305 e. The largest absolute Gasteiger partial charge is 0.305 e. The zero-order valence-corrected chi connectivity index (χ0v) is 20.8. The molecule has 0 aromatic heterocycles. The number of sulfone groups is 1. The summed E-state index contributed by atoms with van der Waals surface area (Å²) in [6, 6.07) is 9.67. The van der Waals surface area contributed by atoms with Gasteiger partial charge in [0, 0.05) is 24.3 Å². The van der Waals surface area contributed by atoms with E-state index in [2.05, 4.69) is 0 Å². The van der Waals surface area contributed by atoms with Gasteiger partial charge in [-0.2, -0.15) is 8.78 Å². The van der Waals surface area contributed by atoms with Crippen LogP contribution in [0.25, 0.3) is 22.3 Å². The fourth-order valence-electron chi connectivity index (χ4n) is 4.11. The number of rotatable bonds is 8. The van der Waals surface area contributed by atoms with Gasteiger partial charge in [0.25, 0.3) is 11.4 Å². The number of benzene rings is 4. The Balaban J connectivity index is 2.11.